The van der Waals surface area contributed by atoms with Crippen LogP contribution in [0.4, 0.5) is 4.79 Å². The molecule has 2 N–H and O–H groups in total. The molecule has 0 aromatic rings. The molecule has 2 heterocycles. The summed E-state index contributed by atoms with van der Waals surface area (Å²) in [5, 5.41) is 12.0. The van der Waals surface area contributed by atoms with Crippen LogP contribution in [0.25, 0.3) is 0 Å². The van der Waals surface area contributed by atoms with Gasteiger partial charge in [-0.05, 0) is 13.0 Å². The Labute approximate surface area is 76.7 Å². The average molecular weight is 186 g/mol. The molecule has 0 radical (unpaired) electrons. The van der Waals surface area contributed by atoms with Gasteiger partial charge < -0.3 is 20.1 Å². The molecule has 1 amide bonds. The fourth-order valence-electron chi connectivity index (χ4n) is 1.84. The zero-order valence-electron chi connectivity index (χ0n) is 7.40. The maximum Gasteiger partial charge on any atom is 0.410 e. The summed E-state index contributed by atoms with van der Waals surface area (Å²) in [4.78, 5) is 13.0. The van der Waals surface area contributed by atoms with Crippen LogP contribution in [0.1, 0.15) is 6.42 Å². The molecule has 0 spiro atoms. The van der Waals surface area contributed by atoms with E-state index in [0.717, 1.165) is 19.5 Å². The number of carbonyl (C=O) groups excluding carboxylic acids is 1. The summed E-state index contributed by atoms with van der Waals surface area (Å²) in [6.07, 6.45) is 0.369. The number of hydrogen-bond acceptors (Lipinski definition) is 4. The summed E-state index contributed by atoms with van der Waals surface area (Å²) < 4.78 is 4.94. The first-order valence-corrected chi connectivity index (χ1v) is 4.60. The maximum atomic E-state index is 11.3. The highest BCUT2D eigenvalue weighted by Crippen LogP contribution is 2.17. The number of amides is 1. The molecule has 2 saturated heterocycles. The quantitative estimate of drug-likeness (QED) is 0.590. The van der Waals surface area contributed by atoms with Gasteiger partial charge in [0.15, 0.2) is 0 Å². The Hall–Kier alpha value is -0.810. The van der Waals surface area contributed by atoms with E-state index in [4.69, 9.17) is 9.84 Å². The Balaban J connectivity index is 1.95. The van der Waals surface area contributed by atoms with Crippen LogP contribution in [0.2, 0.25) is 0 Å². The smallest absolute Gasteiger partial charge is 0.410 e. The molecule has 2 atom stereocenters. The number of carbonyl (C=O) groups is 1. The number of nitrogens with zero attached hydrogens (tertiary/aromatic N) is 1. The lowest BCUT2D eigenvalue weighted by atomic mass is 10.2. The third-order valence-electron chi connectivity index (χ3n) is 2.58. The van der Waals surface area contributed by atoms with Crippen molar-refractivity contribution in [2.45, 2.75) is 18.6 Å². The van der Waals surface area contributed by atoms with Crippen molar-refractivity contribution in [3.8, 4) is 0 Å². The Morgan fingerprint density at radius 2 is 2.54 bits per heavy atom. The van der Waals surface area contributed by atoms with Crippen molar-refractivity contribution in [3.05, 3.63) is 0 Å². The van der Waals surface area contributed by atoms with Gasteiger partial charge in [-0.3, -0.25) is 0 Å². The number of rotatable bonds is 2. The van der Waals surface area contributed by atoms with E-state index in [1.165, 1.54) is 0 Å². The molecule has 0 aromatic carbocycles. The van der Waals surface area contributed by atoms with E-state index in [1.807, 2.05) is 0 Å². The standard InChI is InChI=1S/C8H14N2O3/c11-5-7-4-10(8(12)13-7)6-1-2-9-3-6/h6-7,9,11H,1-5H2/t6?,7-/m1/s1. The molecule has 0 aromatic heterocycles. The molecule has 74 valence electrons. The van der Waals surface area contributed by atoms with Gasteiger partial charge in [-0.2, -0.15) is 0 Å². The van der Waals surface area contributed by atoms with Crippen LogP contribution in [-0.2, 0) is 4.74 Å². The van der Waals surface area contributed by atoms with E-state index in [9.17, 15) is 4.79 Å². The van der Waals surface area contributed by atoms with Crippen molar-refractivity contribution in [1.82, 2.24) is 10.2 Å². The Kier molecular flexibility index (Phi) is 2.37. The van der Waals surface area contributed by atoms with Crippen LogP contribution in [0.5, 0.6) is 0 Å². The third kappa shape index (κ3) is 1.62. The van der Waals surface area contributed by atoms with Crippen LogP contribution < -0.4 is 5.32 Å². The summed E-state index contributed by atoms with van der Waals surface area (Å²) in [6, 6.07) is 0.254. The molecule has 13 heavy (non-hydrogen) atoms. The van der Waals surface area contributed by atoms with Gasteiger partial charge in [0.25, 0.3) is 0 Å². The van der Waals surface area contributed by atoms with E-state index in [1.54, 1.807) is 4.90 Å². The van der Waals surface area contributed by atoms with Crippen molar-refractivity contribution >= 4 is 6.09 Å². The fourth-order valence-corrected chi connectivity index (χ4v) is 1.84. The molecular formula is C8H14N2O3. The second-order valence-corrected chi connectivity index (χ2v) is 3.49. The van der Waals surface area contributed by atoms with Gasteiger partial charge in [-0.15, -0.1) is 0 Å². The summed E-state index contributed by atoms with van der Waals surface area (Å²) in [5.74, 6) is 0. The molecule has 0 saturated carbocycles. The van der Waals surface area contributed by atoms with Crippen molar-refractivity contribution < 1.29 is 14.6 Å². The lowest BCUT2D eigenvalue weighted by molar-refractivity contribution is 0.0942. The zero-order valence-corrected chi connectivity index (χ0v) is 7.40. The van der Waals surface area contributed by atoms with Crippen molar-refractivity contribution in [3.63, 3.8) is 0 Å². The summed E-state index contributed by atoms with van der Waals surface area (Å²) in [6.45, 7) is 2.25. The van der Waals surface area contributed by atoms with Crippen LogP contribution in [0.3, 0.4) is 0 Å². The lowest BCUT2D eigenvalue weighted by Gasteiger charge is -2.19. The molecule has 5 heteroatoms. The number of aliphatic hydroxyl groups excluding tert-OH is 1. The molecular weight excluding hydrogens is 172 g/mol. The molecule has 0 aliphatic carbocycles. The van der Waals surface area contributed by atoms with Crippen molar-refractivity contribution in [2.75, 3.05) is 26.2 Å². The SMILES string of the molecule is O=C1O[C@@H](CO)CN1C1CCNC1. The number of nitrogens with one attached hydrogen (secondary N) is 1. The lowest BCUT2D eigenvalue weighted by Crippen LogP contribution is -2.38. The fraction of sp³-hybridized carbons (Fsp3) is 0.875. The van der Waals surface area contributed by atoms with Gasteiger partial charge >= 0.3 is 6.09 Å². The number of aliphatic hydroxyl groups is 1. The van der Waals surface area contributed by atoms with E-state index in [2.05, 4.69) is 5.32 Å². The highest BCUT2D eigenvalue weighted by molar-refractivity contribution is 5.70. The van der Waals surface area contributed by atoms with Crippen LogP contribution in [0.15, 0.2) is 0 Å². The summed E-state index contributed by atoms with van der Waals surface area (Å²) >= 11 is 0. The average Bonchev–Trinajstić information content (AvgIpc) is 2.72. The van der Waals surface area contributed by atoms with Crippen LogP contribution in [0, 0.1) is 0 Å². The molecule has 2 fully saturated rings. The van der Waals surface area contributed by atoms with E-state index in [0.29, 0.717) is 6.54 Å². The van der Waals surface area contributed by atoms with Crippen molar-refractivity contribution in [1.29, 1.82) is 0 Å². The second kappa shape index (κ2) is 3.51. The topological polar surface area (TPSA) is 61.8 Å². The minimum atomic E-state index is -0.326. The molecule has 0 bridgehead atoms. The molecule has 5 nitrogen and oxygen atoms in total. The Morgan fingerprint density at radius 3 is 3.08 bits per heavy atom. The van der Waals surface area contributed by atoms with Gasteiger partial charge in [0.05, 0.1) is 13.2 Å². The number of cyclic esters (lactones) is 1. The highest BCUT2D eigenvalue weighted by atomic mass is 16.6. The zero-order chi connectivity index (χ0) is 9.26. The summed E-state index contributed by atoms with van der Waals surface area (Å²) in [5.41, 5.74) is 0. The predicted octanol–water partition coefficient (Wildman–Crippen LogP) is -0.839. The first-order valence-electron chi connectivity index (χ1n) is 4.60. The van der Waals surface area contributed by atoms with E-state index in [-0.39, 0.29) is 24.8 Å². The Morgan fingerprint density at radius 1 is 1.69 bits per heavy atom. The summed E-state index contributed by atoms with van der Waals surface area (Å²) in [7, 11) is 0. The predicted molar refractivity (Wildman–Crippen MR) is 45.3 cm³/mol. The van der Waals surface area contributed by atoms with Gasteiger partial charge in [0.1, 0.15) is 6.10 Å². The van der Waals surface area contributed by atoms with E-state index >= 15 is 0 Å². The largest absolute Gasteiger partial charge is 0.442 e. The number of ether oxygens (including phenoxy) is 1. The second-order valence-electron chi connectivity index (χ2n) is 3.49. The first kappa shape index (κ1) is 8.77. The molecule has 2 rings (SSSR count). The van der Waals surface area contributed by atoms with Gasteiger partial charge in [0, 0.05) is 12.6 Å². The number of hydrogen-bond donors (Lipinski definition) is 2. The normalized spacial score (nSPS) is 33.9. The van der Waals surface area contributed by atoms with E-state index < -0.39 is 0 Å². The van der Waals surface area contributed by atoms with Crippen molar-refractivity contribution in [2.24, 2.45) is 0 Å². The highest BCUT2D eigenvalue weighted by Gasteiger charge is 2.36. The first-order chi connectivity index (χ1) is 6.31. The van der Waals surface area contributed by atoms with Crippen LogP contribution >= 0.6 is 0 Å². The maximum absolute atomic E-state index is 11.3. The van der Waals surface area contributed by atoms with Gasteiger partial charge in [-0.1, -0.05) is 0 Å². The molecule has 2 aliphatic heterocycles. The molecule has 2 aliphatic rings. The van der Waals surface area contributed by atoms with Gasteiger partial charge in [-0.25, -0.2) is 4.79 Å². The monoisotopic (exact) mass is 186 g/mol. The minimum absolute atomic E-state index is 0.0810. The van der Waals surface area contributed by atoms with Gasteiger partial charge in [0.2, 0.25) is 0 Å². The van der Waals surface area contributed by atoms with Crippen LogP contribution in [-0.4, -0.2) is 54.5 Å². The third-order valence-corrected chi connectivity index (χ3v) is 2.58. The Bertz CT molecular complexity index is 204. The minimum Gasteiger partial charge on any atom is -0.442 e. The molecule has 1 unspecified atom stereocenters.